The van der Waals surface area contributed by atoms with Crippen molar-refractivity contribution in [1.82, 2.24) is 9.78 Å². The minimum Gasteiger partial charge on any atom is -0.396 e. The van der Waals surface area contributed by atoms with Gasteiger partial charge in [0.2, 0.25) is 0 Å². The standard InChI is InChI=1S/C14H22ClN3O2/c1-5-7-18-13(20)12(15)10(9-16-18)17-11(6-8-19)14(2,3)4/h5,9,11,17,19H,1,6-8H2,2-4H3. The van der Waals surface area contributed by atoms with E-state index in [0.717, 1.165) is 0 Å². The van der Waals surface area contributed by atoms with E-state index in [1.807, 2.05) is 0 Å². The van der Waals surface area contributed by atoms with Gasteiger partial charge >= 0.3 is 0 Å². The number of aromatic nitrogens is 2. The van der Waals surface area contributed by atoms with Crippen molar-refractivity contribution in [2.45, 2.75) is 39.8 Å². The molecular weight excluding hydrogens is 278 g/mol. The van der Waals surface area contributed by atoms with E-state index in [-0.39, 0.29) is 28.6 Å². The number of nitrogens with zero attached hydrogens (tertiary/aromatic N) is 2. The second kappa shape index (κ2) is 6.90. The molecule has 2 N–H and O–H groups in total. The molecule has 6 heteroatoms. The van der Waals surface area contributed by atoms with E-state index < -0.39 is 0 Å². The summed E-state index contributed by atoms with van der Waals surface area (Å²) < 4.78 is 1.25. The number of hydrogen-bond acceptors (Lipinski definition) is 4. The van der Waals surface area contributed by atoms with Gasteiger partial charge in [-0.15, -0.1) is 6.58 Å². The molecule has 0 aliphatic rings. The lowest BCUT2D eigenvalue weighted by Crippen LogP contribution is -2.36. The average molecular weight is 300 g/mol. The Kier molecular flexibility index (Phi) is 5.77. The summed E-state index contributed by atoms with van der Waals surface area (Å²) in [6, 6.07) is -0.0125. The summed E-state index contributed by atoms with van der Waals surface area (Å²) in [5.41, 5.74) is 0.0563. The molecule has 0 spiro atoms. The Labute approximate surface area is 124 Å². The van der Waals surface area contributed by atoms with Crippen LogP contribution in [0.15, 0.2) is 23.6 Å². The number of allylic oxidation sites excluding steroid dienone is 1. The fraction of sp³-hybridized carbons (Fsp3) is 0.571. The van der Waals surface area contributed by atoms with Gasteiger partial charge in [0.1, 0.15) is 5.02 Å². The lowest BCUT2D eigenvalue weighted by molar-refractivity contribution is 0.235. The molecular formula is C14H22ClN3O2. The number of halogens is 1. The third-order valence-electron chi connectivity index (χ3n) is 3.08. The van der Waals surface area contributed by atoms with Crippen LogP contribution in [0.1, 0.15) is 27.2 Å². The number of hydrogen-bond donors (Lipinski definition) is 2. The second-order valence-corrected chi connectivity index (χ2v) is 6.10. The highest BCUT2D eigenvalue weighted by molar-refractivity contribution is 6.32. The number of rotatable bonds is 6. The highest BCUT2D eigenvalue weighted by Crippen LogP contribution is 2.27. The molecule has 1 heterocycles. The molecule has 0 amide bonds. The molecule has 1 aromatic heterocycles. The van der Waals surface area contributed by atoms with E-state index >= 15 is 0 Å². The molecule has 0 aliphatic carbocycles. The van der Waals surface area contributed by atoms with E-state index in [1.165, 1.54) is 10.9 Å². The third kappa shape index (κ3) is 4.08. The summed E-state index contributed by atoms with van der Waals surface area (Å²) in [5, 5.41) is 16.5. The van der Waals surface area contributed by atoms with E-state index in [9.17, 15) is 4.79 Å². The number of aliphatic hydroxyl groups is 1. The molecule has 0 saturated heterocycles. The molecule has 112 valence electrons. The molecule has 0 radical (unpaired) electrons. The molecule has 20 heavy (non-hydrogen) atoms. The minimum absolute atomic E-state index is 0.0125. The van der Waals surface area contributed by atoms with Crippen molar-refractivity contribution in [1.29, 1.82) is 0 Å². The van der Waals surface area contributed by atoms with Gasteiger partial charge in [-0.2, -0.15) is 5.10 Å². The van der Waals surface area contributed by atoms with Crippen LogP contribution in [0.5, 0.6) is 0 Å². The smallest absolute Gasteiger partial charge is 0.287 e. The molecule has 1 unspecified atom stereocenters. The maximum Gasteiger partial charge on any atom is 0.287 e. The zero-order valence-corrected chi connectivity index (χ0v) is 12.9. The van der Waals surface area contributed by atoms with Gasteiger partial charge in [0.15, 0.2) is 0 Å². The van der Waals surface area contributed by atoms with Crippen LogP contribution in [0.25, 0.3) is 0 Å². The molecule has 5 nitrogen and oxygen atoms in total. The summed E-state index contributed by atoms with van der Waals surface area (Å²) in [4.78, 5) is 12.0. The zero-order valence-electron chi connectivity index (χ0n) is 12.2. The normalized spacial score (nSPS) is 13.1. The first kappa shape index (κ1) is 16.7. The summed E-state index contributed by atoms with van der Waals surface area (Å²) >= 11 is 6.10. The Morgan fingerprint density at radius 1 is 1.60 bits per heavy atom. The van der Waals surface area contributed by atoms with Crippen LogP contribution in [0.2, 0.25) is 5.02 Å². The summed E-state index contributed by atoms with van der Waals surface area (Å²) in [6.45, 7) is 10.1. The molecule has 0 saturated carbocycles. The lowest BCUT2D eigenvalue weighted by Gasteiger charge is -2.32. The SMILES string of the molecule is C=CCn1ncc(NC(CCO)C(C)(C)C)c(Cl)c1=O. The Bertz CT molecular complexity index is 520. The first-order valence-corrected chi connectivity index (χ1v) is 6.93. The molecule has 0 fully saturated rings. The van der Waals surface area contributed by atoms with Crippen molar-refractivity contribution in [3.05, 3.63) is 34.2 Å². The second-order valence-electron chi connectivity index (χ2n) is 5.72. The van der Waals surface area contributed by atoms with Crippen molar-refractivity contribution in [2.24, 2.45) is 5.41 Å². The van der Waals surface area contributed by atoms with E-state index in [2.05, 4.69) is 37.8 Å². The largest absolute Gasteiger partial charge is 0.396 e. The van der Waals surface area contributed by atoms with Crippen LogP contribution >= 0.6 is 11.6 Å². The summed E-state index contributed by atoms with van der Waals surface area (Å²) in [6.07, 6.45) is 3.68. The summed E-state index contributed by atoms with van der Waals surface area (Å²) in [5.74, 6) is 0. The van der Waals surface area contributed by atoms with Crippen molar-refractivity contribution in [3.63, 3.8) is 0 Å². The van der Waals surface area contributed by atoms with E-state index in [1.54, 1.807) is 6.08 Å². The topological polar surface area (TPSA) is 67.2 Å². The quantitative estimate of drug-likeness (QED) is 0.791. The summed E-state index contributed by atoms with van der Waals surface area (Å²) in [7, 11) is 0. The van der Waals surface area contributed by atoms with Crippen LogP contribution in [-0.2, 0) is 6.54 Å². The Balaban J connectivity index is 3.05. The van der Waals surface area contributed by atoms with Crippen molar-refractivity contribution >= 4 is 17.3 Å². The maximum atomic E-state index is 12.0. The van der Waals surface area contributed by atoms with Gasteiger partial charge in [-0.25, -0.2) is 4.68 Å². The predicted octanol–water partition coefficient (Wildman–Crippen LogP) is 2.29. The highest BCUT2D eigenvalue weighted by atomic mass is 35.5. The van der Waals surface area contributed by atoms with Crippen molar-refractivity contribution < 1.29 is 5.11 Å². The van der Waals surface area contributed by atoms with Gasteiger partial charge in [0.05, 0.1) is 18.4 Å². The van der Waals surface area contributed by atoms with Gasteiger partial charge in [0, 0.05) is 12.6 Å². The fourth-order valence-corrected chi connectivity index (χ4v) is 2.06. The fourth-order valence-electron chi connectivity index (χ4n) is 1.86. The van der Waals surface area contributed by atoms with Crippen LogP contribution in [0.3, 0.4) is 0 Å². The number of anilines is 1. The number of nitrogens with one attached hydrogen (secondary N) is 1. The van der Waals surface area contributed by atoms with Gasteiger partial charge in [0.25, 0.3) is 5.56 Å². The Morgan fingerprint density at radius 2 is 2.25 bits per heavy atom. The average Bonchev–Trinajstić information content (AvgIpc) is 2.36. The van der Waals surface area contributed by atoms with Gasteiger partial charge in [-0.1, -0.05) is 38.4 Å². The molecule has 1 rings (SSSR count). The monoisotopic (exact) mass is 299 g/mol. The Morgan fingerprint density at radius 3 is 2.75 bits per heavy atom. The minimum atomic E-state index is -0.353. The lowest BCUT2D eigenvalue weighted by atomic mass is 9.85. The van der Waals surface area contributed by atoms with E-state index in [4.69, 9.17) is 16.7 Å². The highest BCUT2D eigenvalue weighted by Gasteiger charge is 2.25. The zero-order chi connectivity index (χ0) is 15.3. The molecule has 0 aliphatic heterocycles. The van der Waals surface area contributed by atoms with Crippen molar-refractivity contribution in [3.8, 4) is 0 Å². The van der Waals surface area contributed by atoms with Crippen LogP contribution in [0.4, 0.5) is 5.69 Å². The van der Waals surface area contributed by atoms with Crippen LogP contribution < -0.4 is 10.9 Å². The van der Waals surface area contributed by atoms with Gasteiger partial charge in [-0.3, -0.25) is 4.79 Å². The molecule has 0 bridgehead atoms. The first-order chi connectivity index (χ1) is 9.31. The molecule has 0 aromatic carbocycles. The van der Waals surface area contributed by atoms with Gasteiger partial charge < -0.3 is 10.4 Å². The molecule has 1 atom stereocenters. The first-order valence-electron chi connectivity index (χ1n) is 6.55. The number of aliphatic hydroxyl groups excluding tert-OH is 1. The third-order valence-corrected chi connectivity index (χ3v) is 3.45. The van der Waals surface area contributed by atoms with Crippen molar-refractivity contribution in [2.75, 3.05) is 11.9 Å². The van der Waals surface area contributed by atoms with Crippen LogP contribution in [0, 0.1) is 5.41 Å². The van der Waals surface area contributed by atoms with Crippen LogP contribution in [-0.4, -0.2) is 27.5 Å². The van der Waals surface area contributed by atoms with Gasteiger partial charge in [-0.05, 0) is 11.8 Å². The van der Waals surface area contributed by atoms with E-state index in [0.29, 0.717) is 18.7 Å². The predicted molar refractivity (Wildman–Crippen MR) is 82.3 cm³/mol. The maximum absolute atomic E-state index is 12.0. The molecule has 1 aromatic rings. The Hall–Kier alpha value is -1.33.